The van der Waals surface area contributed by atoms with Crippen LogP contribution in [0, 0.1) is 6.92 Å². The van der Waals surface area contributed by atoms with Crippen LogP contribution in [0.3, 0.4) is 0 Å². The minimum absolute atomic E-state index is 0.250. The van der Waals surface area contributed by atoms with Gasteiger partial charge in [-0.15, -0.1) is 0 Å². The predicted octanol–water partition coefficient (Wildman–Crippen LogP) is 1.02. The molecule has 1 amide bonds. The van der Waals surface area contributed by atoms with Crippen molar-refractivity contribution in [1.82, 2.24) is 0 Å². The zero-order chi connectivity index (χ0) is 12.4. The molecular weight excluding hydrogens is 214 g/mol. The van der Waals surface area contributed by atoms with Gasteiger partial charge in [-0.25, -0.2) is 0 Å². The molecule has 1 aromatic carbocycles. The molecule has 1 heterocycles. The maximum absolute atomic E-state index is 11.2. The second-order valence-corrected chi connectivity index (χ2v) is 4.71. The summed E-state index contributed by atoms with van der Waals surface area (Å²) in [6, 6.07) is 6.01. The molecule has 1 aromatic rings. The van der Waals surface area contributed by atoms with Crippen molar-refractivity contribution in [3.63, 3.8) is 0 Å². The lowest BCUT2D eigenvalue weighted by molar-refractivity contribution is 0.1000. The summed E-state index contributed by atoms with van der Waals surface area (Å²) in [5.74, 6) is -0.371. The van der Waals surface area contributed by atoms with Crippen LogP contribution in [0.25, 0.3) is 0 Å². The predicted molar refractivity (Wildman–Crippen MR) is 69.1 cm³/mol. The number of piperidine rings is 1. The molecule has 1 fully saturated rings. The first-order valence-corrected chi connectivity index (χ1v) is 5.99. The van der Waals surface area contributed by atoms with E-state index in [0.717, 1.165) is 37.2 Å². The second-order valence-electron chi connectivity index (χ2n) is 4.71. The van der Waals surface area contributed by atoms with Crippen molar-refractivity contribution in [1.29, 1.82) is 0 Å². The van der Waals surface area contributed by atoms with Gasteiger partial charge < -0.3 is 16.4 Å². The summed E-state index contributed by atoms with van der Waals surface area (Å²) in [7, 11) is 0. The van der Waals surface area contributed by atoms with Gasteiger partial charge in [-0.2, -0.15) is 0 Å². The van der Waals surface area contributed by atoms with Crippen molar-refractivity contribution in [2.75, 3.05) is 18.0 Å². The lowest BCUT2D eigenvalue weighted by Gasteiger charge is -2.33. The van der Waals surface area contributed by atoms with Crippen LogP contribution >= 0.6 is 0 Å². The Morgan fingerprint density at radius 3 is 2.82 bits per heavy atom. The largest absolute Gasteiger partial charge is 0.370 e. The minimum atomic E-state index is -0.371. The van der Waals surface area contributed by atoms with Crippen molar-refractivity contribution in [2.24, 2.45) is 11.5 Å². The van der Waals surface area contributed by atoms with Gasteiger partial charge in [-0.1, -0.05) is 0 Å². The molecule has 0 radical (unpaired) electrons. The van der Waals surface area contributed by atoms with Crippen LogP contribution in [0.4, 0.5) is 5.69 Å². The van der Waals surface area contributed by atoms with Gasteiger partial charge in [0.1, 0.15) is 0 Å². The molecule has 1 aliphatic rings. The number of carbonyl (C=O) groups excluding carboxylic acids is 1. The Hall–Kier alpha value is -1.55. The Morgan fingerprint density at radius 1 is 1.47 bits per heavy atom. The zero-order valence-corrected chi connectivity index (χ0v) is 10.1. The summed E-state index contributed by atoms with van der Waals surface area (Å²) >= 11 is 0. The Balaban J connectivity index is 2.22. The highest BCUT2D eigenvalue weighted by atomic mass is 16.1. The second kappa shape index (κ2) is 4.75. The number of aryl methyl sites for hydroxylation is 1. The lowest BCUT2D eigenvalue weighted by Crippen LogP contribution is -2.42. The Bertz CT molecular complexity index is 431. The SMILES string of the molecule is Cc1cc(N2CCCC(N)C2)ccc1C(N)=O. The molecule has 1 saturated heterocycles. The smallest absolute Gasteiger partial charge is 0.248 e. The minimum Gasteiger partial charge on any atom is -0.370 e. The van der Waals surface area contributed by atoms with Gasteiger partial charge in [-0.3, -0.25) is 4.79 Å². The van der Waals surface area contributed by atoms with Crippen molar-refractivity contribution in [3.8, 4) is 0 Å². The van der Waals surface area contributed by atoms with Crippen molar-refractivity contribution >= 4 is 11.6 Å². The van der Waals surface area contributed by atoms with E-state index in [2.05, 4.69) is 4.90 Å². The molecule has 0 aliphatic carbocycles. The summed E-state index contributed by atoms with van der Waals surface area (Å²) in [5.41, 5.74) is 13.9. The number of hydrogen-bond donors (Lipinski definition) is 2. The van der Waals surface area contributed by atoms with Crippen LogP contribution in [-0.4, -0.2) is 25.0 Å². The summed E-state index contributed by atoms with van der Waals surface area (Å²) in [4.78, 5) is 13.4. The maximum Gasteiger partial charge on any atom is 0.248 e. The first-order valence-electron chi connectivity index (χ1n) is 5.99. The number of primary amides is 1. The van der Waals surface area contributed by atoms with Crippen LogP contribution in [0.1, 0.15) is 28.8 Å². The standard InChI is InChI=1S/C13H19N3O/c1-9-7-11(4-5-12(9)13(15)17)16-6-2-3-10(14)8-16/h4-5,7,10H,2-3,6,8,14H2,1H3,(H2,15,17). The fraction of sp³-hybridized carbons (Fsp3) is 0.462. The first-order chi connectivity index (χ1) is 8.08. The lowest BCUT2D eigenvalue weighted by atomic mass is 10.0. The van der Waals surface area contributed by atoms with Gasteiger partial charge in [0.2, 0.25) is 5.91 Å². The molecule has 1 aliphatic heterocycles. The third-order valence-corrected chi connectivity index (χ3v) is 3.30. The number of carbonyl (C=O) groups is 1. The van der Waals surface area contributed by atoms with Crippen molar-refractivity contribution in [2.45, 2.75) is 25.8 Å². The van der Waals surface area contributed by atoms with Gasteiger partial charge in [0.15, 0.2) is 0 Å². The molecule has 0 spiro atoms. The third kappa shape index (κ3) is 2.58. The Morgan fingerprint density at radius 2 is 2.24 bits per heavy atom. The number of hydrogen-bond acceptors (Lipinski definition) is 3. The van der Waals surface area contributed by atoms with Gasteiger partial charge in [-0.05, 0) is 43.5 Å². The molecular formula is C13H19N3O. The van der Waals surface area contributed by atoms with Gasteiger partial charge >= 0.3 is 0 Å². The van der Waals surface area contributed by atoms with E-state index in [0.29, 0.717) is 5.56 Å². The van der Waals surface area contributed by atoms with E-state index in [9.17, 15) is 4.79 Å². The molecule has 4 N–H and O–H groups in total. The molecule has 0 aromatic heterocycles. The quantitative estimate of drug-likeness (QED) is 0.801. The third-order valence-electron chi connectivity index (χ3n) is 3.30. The molecule has 2 rings (SSSR count). The van der Waals surface area contributed by atoms with E-state index >= 15 is 0 Å². The molecule has 92 valence electrons. The van der Waals surface area contributed by atoms with E-state index in [1.54, 1.807) is 6.07 Å². The normalized spacial score (nSPS) is 20.4. The summed E-state index contributed by atoms with van der Waals surface area (Å²) in [6.07, 6.45) is 2.21. The molecule has 1 atom stereocenters. The fourth-order valence-corrected chi connectivity index (χ4v) is 2.37. The van der Waals surface area contributed by atoms with E-state index in [4.69, 9.17) is 11.5 Å². The van der Waals surface area contributed by atoms with Gasteiger partial charge in [0.05, 0.1) is 0 Å². The number of rotatable bonds is 2. The molecule has 17 heavy (non-hydrogen) atoms. The summed E-state index contributed by atoms with van der Waals surface area (Å²) in [6.45, 7) is 3.83. The van der Waals surface area contributed by atoms with Crippen LogP contribution in [0.5, 0.6) is 0 Å². The number of nitrogens with two attached hydrogens (primary N) is 2. The summed E-state index contributed by atoms with van der Waals surface area (Å²) < 4.78 is 0. The van der Waals surface area contributed by atoms with Crippen LogP contribution < -0.4 is 16.4 Å². The number of amides is 1. The van der Waals surface area contributed by atoms with Gasteiger partial charge in [0.25, 0.3) is 0 Å². The molecule has 1 unspecified atom stereocenters. The Kier molecular flexibility index (Phi) is 3.33. The summed E-state index contributed by atoms with van der Waals surface area (Å²) in [5, 5.41) is 0. The highest BCUT2D eigenvalue weighted by Crippen LogP contribution is 2.22. The van der Waals surface area contributed by atoms with Crippen LogP contribution in [0.15, 0.2) is 18.2 Å². The van der Waals surface area contributed by atoms with Crippen molar-refractivity contribution in [3.05, 3.63) is 29.3 Å². The van der Waals surface area contributed by atoms with Crippen LogP contribution in [-0.2, 0) is 0 Å². The topological polar surface area (TPSA) is 72.3 Å². The number of benzene rings is 1. The number of anilines is 1. The monoisotopic (exact) mass is 233 g/mol. The average Bonchev–Trinajstić information content (AvgIpc) is 2.28. The Labute approximate surface area is 102 Å². The highest BCUT2D eigenvalue weighted by Gasteiger charge is 2.17. The van der Waals surface area contributed by atoms with Crippen molar-refractivity contribution < 1.29 is 4.79 Å². The molecule has 0 saturated carbocycles. The molecule has 4 heteroatoms. The highest BCUT2D eigenvalue weighted by molar-refractivity contribution is 5.94. The average molecular weight is 233 g/mol. The van der Waals surface area contributed by atoms with E-state index < -0.39 is 0 Å². The van der Waals surface area contributed by atoms with Crippen LogP contribution in [0.2, 0.25) is 0 Å². The maximum atomic E-state index is 11.2. The van der Waals surface area contributed by atoms with E-state index in [1.807, 2.05) is 19.1 Å². The fourth-order valence-electron chi connectivity index (χ4n) is 2.37. The molecule has 0 bridgehead atoms. The zero-order valence-electron chi connectivity index (χ0n) is 10.1. The van der Waals surface area contributed by atoms with Gasteiger partial charge in [0, 0.05) is 30.4 Å². The first kappa shape index (κ1) is 11.9. The molecule has 4 nitrogen and oxygen atoms in total. The van der Waals surface area contributed by atoms with E-state index in [-0.39, 0.29) is 11.9 Å². The van der Waals surface area contributed by atoms with E-state index in [1.165, 1.54) is 0 Å². The number of nitrogens with zero attached hydrogens (tertiary/aromatic N) is 1.